The predicted molar refractivity (Wildman–Crippen MR) is 183 cm³/mol. The highest BCUT2D eigenvalue weighted by atomic mass is 16.5. The van der Waals surface area contributed by atoms with E-state index in [1.165, 1.54) is 0 Å². The number of amides is 2. The summed E-state index contributed by atoms with van der Waals surface area (Å²) in [6, 6.07) is 48.8. The molecule has 0 radical (unpaired) electrons. The van der Waals surface area contributed by atoms with E-state index in [1.54, 1.807) is 0 Å². The maximum Gasteiger partial charge on any atom is 0.256 e. The minimum Gasteiger partial charge on any atom is -0.457 e. The molecule has 0 aliphatic heterocycles. The van der Waals surface area contributed by atoms with Gasteiger partial charge in [-0.2, -0.15) is 0 Å². The molecule has 7 rings (SSSR count). The first-order valence-corrected chi connectivity index (χ1v) is 14.8. The van der Waals surface area contributed by atoms with Crippen molar-refractivity contribution in [1.29, 1.82) is 0 Å². The van der Waals surface area contributed by atoms with E-state index in [4.69, 9.17) is 9.47 Å². The number of benzene rings is 7. The monoisotopic (exact) mass is 600 g/mol. The van der Waals surface area contributed by atoms with E-state index in [-0.39, 0.29) is 11.8 Å². The highest BCUT2D eigenvalue weighted by Gasteiger charge is 2.12. The zero-order chi connectivity index (χ0) is 31.3. The first-order valence-electron chi connectivity index (χ1n) is 14.8. The molecule has 0 atom stereocenters. The van der Waals surface area contributed by atoms with Gasteiger partial charge in [-0.3, -0.25) is 9.59 Å². The van der Waals surface area contributed by atoms with Crippen LogP contribution in [-0.2, 0) is 0 Å². The summed E-state index contributed by atoms with van der Waals surface area (Å²) < 4.78 is 12.0. The summed E-state index contributed by atoms with van der Waals surface area (Å²) in [6.45, 7) is 0. The third-order valence-corrected chi connectivity index (χ3v) is 7.59. The van der Waals surface area contributed by atoms with E-state index < -0.39 is 0 Å². The molecule has 7 aromatic carbocycles. The van der Waals surface area contributed by atoms with Crippen LogP contribution in [0.3, 0.4) is 0 Å². The lowest BCUT2D eigenvalue weighted by molar-refractivity contribution is 0.102. The van der Waals surface area contributed by atoms with Crippen molar-refractivity contribution in [3.63, 3.8) is 0 Å². The molecular weight excluding hydrogens is 572 g/mol. The molecule has 0 heterocycles. The van der Waals surface area contributed by atoms with Crippen molar-refractivity contribution >= 4 is 44.7 Å². The van der Waals surface area contributed by atoms with Gasteiger partial charge in [-0.15, -0.1) is 0 Å². The molecule has 0 aromatic heterocycles. The molecule has 0 unspecified atom stereocenters. The van der Waals surface area contributed by atoms with Gasteiger partial charge in [0, 0.05) is 22.5 Å². The van der Waals surface area contributed by atoms with Crippen LogP contribution in [-0.4, -0.2) is 11.8 Å². The van der Waals surface area contributed by atoms with Crippen LogP contribution in [0.15, 0.2) is 158 Å². The number of carbonyl (C=O) groups excluding carboxylic acids is 2. The van der Waals surface area contributed by atoms with Gasteiger partial charge in [0.05, 0.1) is 0 Å². The third kappa shape index (κ3) is 6.27. The number of carbonyl (C=O) groups is 2. The standard InChI is InChI=1S/C40H28N2O4/c43-39(37-13-5-9-27-7-1-3-11-35(27)37)41-29-15-19-31(20-16-29)45-33-23-25-34(26-24-33)46-32-21-17-30(18-22-32)42-40(44)38-14-6-10-28-8-2-4-12-36(28)38/h1-26H,(H,41,43)(H,42,44). The molecule has 0 saturated heterocycles. The fourth-order valence-corrected chi connectivity index (χ4v) is 5.30. The minimum atomic E-state index is -0.165. The van der Waals surface area contributed by atoms with Crippen molar-refractivity contribution in [3.05, 3.63) is 169 Å². The third-order valence-electron chi connectivity index (χ3n) is 7.59. The molecule has 222 valence electrons. The fourth-order valence-electron chi connectivity index (χ4n) is 5.30. The van der Waals surface area contributed by atoms with Gasteiger partial charge in [0.1, 0.15) is 23.0 Å². The molecule has 0 bridgehead atoms. The summed E-state index contributed by atoms with van der Waals surface area (Å²) in [5, 5.41) is 9.79. The van der Waals surface area contributed by atoms with Crippen molar-refractivity contribution in [2.75, 3.05) is 10.6 Å². The Morgan fingerprint density at radius 3 is 1.09 bits per heavy atom. The van der Waals surface area contributed by atoms with Crippen molar-refractivity contribution in [2.45, 2.75) is 0 Å². The van der Waals surface area contributed by atoms with Crippen molar-refractivity contribution < 1.29 is 19.1 Å². The zero-order valence-electron chi connectivity index (χ0n) is 24.6. The van der Waals surface area contributed by atoms with E-state index in [0.29, 0.717) is 45.5 Å². The van der Waals surface area contributed by atoms with Crippen LogP contribution in [0.4, 0.5) is 11.4 Å². The number of rotatable bonds is 8. The average Bonchev–Trinajstić information content (AvgIpc) is 3.10. The second-order valence-electron chi connectivity index (χ2n) is 10.7. The average molecular weight is 601 g/mol. The highest BCUT2D eigenvalue weighted by molar-refractivity contribution is 6.13. The molecule has 2 N–H and O–H groups in total. The van der Waals surface area contributed by atoms with Crippen LogP contribution < -0.4 is 20.1 Å². The van der Waals surface area contributed by atoms with Gasteiger partial charge in [0.2, 0.25) is 0 Å². The number of ether oxygens (including phenoxy) is 2. The first kappa shape index (κ1) is 28.4. The summed E-state index contributed by atoms with van der Waals surface area (Å²) in [6.07, 6.45) is 0. The maximum absolute atomic E-state index is 12.9. The Labute approximate surface area is 265 Å². The topological polar surface area (TPSA) is 76.7 Å². The number of hydrogen-bond acceptors (Lipinski definition) is 4. The molecule has 0 aliphatic rings. The van der Waals surface area contributed by atoms with Crippen LogP contribution in [0.25, 0.3) is 21.5 Å². The molecule has 6 heteroatoms. The summed E-state index contributed by atoms with van der Waals surface area (Å²) in [5.41, 5.74) is 2.60. The number of fused-ring (bicyclic) bond motifs is 2. The Morgan fingerprint density at radius 2 is 0.696 bits per heavy atom. The minimum absolute atomic E-state index is 0.165. The second kappa shape index (κ2) is 12.7. The van der Waals surface area contributed by atoms with E-state index in [2.05, 4.69) is 10.6 Å². The summed E-state index contributed by atoms with van der Waals surface area (Å²) in [5.74, 6) is 2.23. The molecule has 46 heavy (non-hydrogen) atoms. The smallest absolute Gasteiger partial charge is 0.256 e. The van der Waals surface area contributed by atoms with E-state index in [9.17, 15) is 9.59 Å². The molecule has 0 saturated carbocycles. The number of hydrogen-bond donors (Lipinski definition) is 2. The van der Waals surface area contributed by atoms with Gasteiger partial charge in [0.15, 0.2) is 0 Å². The largest absolute Gasteiger partial charge is 0.457 e. The van der Waals surface area contributed by atoms with Crippen LogP contribution in [0.2, 0.25) is 0 Å². The van der Waals surface area contributed by atoms with E-state index >= 15 is 0 Å². The molecular formula is C40H28N2O4. The molecule has 6 nitrogen and oxygen atoms in total. The van der Waals surface area contributed by atoms with Gasteiger partial charge >= 0.3 is 0 Å². The Kier molecular flexibility index (Phi) is 7.82. The first-order chi connectivity index (χ1) is 22.6. The fraction of sp³-hybridized carbons (Fsp3) is 0. The van der Waals surface area contributed by atoms with Gasteiger partial charge in [-0.05, 0) is 106 Å². The quantitative estimate of drug-likeness (QED) is 0.182. The van der Waals surface area contributed by atoms with E-state index in [1.807, 2.05) is 158 Å². The van der Waals surface area contributed by atoms with Crippen molar-refractivity contribution in [2.24, 2.45) is 0 Å². The SMILES string of the molecule is O=C(Nc1ccc(Oc2ccc(Oc3ccc(NC(=O)c4cccc5ccccc45)cc3)cc2)cc1)c1cccc2ccccc12. The Morgan fingerprint density at radius 1 is 0.370 bits per heavy atom. The van der Waals surface area contributed by atoms with Crippen LogP contribution in [0.1, 0.15) is 20.7 Å². The lowest BCUT2D eigenvalue weighted by Crippen LogP contribution is -2.12. The summed E-state index contributed by atoms with van der Waals surface area (Å²) in [7, 11) is 0. The normalized spacial score (nSPS) is 10.8. The number of nitrogens with one attached hydrogen (secondary N) is 2. The Balaban J connectivity index is 0.936. The van der Waals surface area contributed by atoms with Gasteiger partial charge in [0.25, 0.3) is 11.8 Å². The molecule has 0 aliphatic carbocycles. The van der Waals surface area contributed by atoms with Gasteiger partial charge in [-0.25, -0.2) is 0 Å². The van der Waals surface area contributed by atoms with Crippen LogP contribution in [0.5, 0.6) is 23.0 Å². The molecule has 0 spiro atoms. The lowest BCUT2D eigenvalue weighted by atomic mass is 10.0. The van der Waals surface area contributed by atoms with E-state index in [0.717, 1.165) is 21.5 Å². The predicted octanol–water partition coefficient (Wildman–Crippen LogP) is 10.1. The van der Waals surface area contributed by atoms with Crippen molar-refractivity contribution in [3.8, 4) is 23.0 Å². The van der Waals surface area contributed by atoms with Crippen LogP contribution >= 0.6 is 0 Å². The summed E-state index contributed by atoms with van der Waals surface area (Å²) >= 11 is 0. The van der Waals surface area contributed by atoms with Crippen LogP contribution in [0, 0.1) is 0 Å². The molecule has 7 aromatic rings. The zero-order valence-corrected chi connectivity index (χ0v) is 24.6. The van der Waals surface area contributed by atoms with Gasteiger partial charge in [-0.1, -0.05) is 72.8 Å². The highest BCUT2D eigenvalue weighted by Crippen LogP contribution is 2.29. The Hall–Kier alpha value is -6.40. The summed E-state index contributed by atoms with van der Waals surface area (Å²) in [4.78, 5) is 25.9. The second-order valence-corrected chi connectivity index (χ2v) is 10.7. The maximum atomic E-state index is 12.9. The Bertz CT molecular complexity index is 2010. The van der Waals surface area contributed by atoms with Crippen molar-refractivity contribution in [1.82, 2.24) is 0 Å². The molecule has 2 amide bonds. The number of anilines is 2. The van der Waals surface area contributed by atoms with Gasteiger partial charge < -0.3 is 20.1 Å². The molecule has 0 fully saturated rings. The lowest BCUT2D eigenvalue weighted by Gasteiger charge is -2.11.